The van der Waals surface area contributed by atoms with Crippen LogP contribution in [0.2, 0.25) is 0 Å². The molecule has 0 unspecified atom stereocenters. The first kappa shape index (κ1) is 31.6. The summed E-state index contributed by atoms with van der Waals surface area (Å²) in [6.45, 7) is -2.05. The third-order valence-electron chi connectivity index (χ3n) is 6.08. The van der Waals surface area contributed by atoms with Gasteiger partial charge in [0.15, 0.2) is 0 Å². The second kappa shape index (κ2) is 14.1. The van der Waals surface area contributed by atoms with E-state index in [2.05, 4.69) is 21.3 Å². The molecule has 1 spiro atoms. The summed E-state index contributed by atoms with van der Waals surface area (Å²) in [6.07, 6.45) is -2.56. The number of rotatable bonds is 4. The van der Waals surface area contributed by atoms with E-state index in [4.69, 9.17) is 4.74 Å². The number of esters is 1. The van der Waals surface area contributed by atoms with Crippen LogP contribution in [0.15, 0.2) is 12.2 Å². The average molecular weight is 610 g/mol. The molecule has 17 heteroatoms. The second-order valence-corrected chi connectivity index (χ2v) is 12.0. The van der Waals surface area contributed by atoms with Crippen molar-refractivity contribution in [2.24, 2.45) is 0 Å². The van der Waals surface area contributed by atoms with Crippen LogP contribution in [0.5, 0.6) is 0 Å². The van der Waals surface area contributed by atoms with Gasteiger partial charge in [0, 0.05) is 17.9 Å². The van der Waals surface area contributed by atoms with Crippen molar-refractivity contribution in [2.45, 2.75) is 68.4 Å². The van der Waals surface area contributed by atoms with Crippen molar-refractivity contribution in [3.63, 3.8) is 0 Å². The van der Waals surface area contributed by atoms with Gasteiger partial charge in [0.1, 0.15) is 36.8 Å². The Hall–Kier alpha value is -2.95. The maximum absolute atomic E-state index is 13.2. The van der Waals surface area contributed by atoms with Crippen LogP contribution in [0.25, 0.3) is 0 Å². The fraction of sp³-hybridized carbons (Fsp3) is 0.652. The van der Waals surface area contributed by atoms with Gasteiger partial charge in [-0.2, -0.15) is 13.2 Å². The number of hydrogen-bond acceptors (Lipinski definition) is 9. The summed E-state index contributed by atoms with van der Waals surface area (Å²) < 4.78 is 42.7. The number of carbonyl (C=O) groups excluding carboxylic acids is 6. The Balaban J connectivity index is 1.86. The minimum absolute atomic E-state index is 0.0978. The van der Waals surface area contributed by atoms with Crippen molar-refractivity contribution in [3.8, 4) is 0 Å². The topological polar surface area (TPSA) is 172 Å². The molecule has 2 fully saturated rings. The van der Waals surface area contributed by atoms with Crippen molar-refractivity contribution >= 4 is 57.1 Å². The van der Waals surface area contributed by atoms with Crippen LogP contribution >= 0.6 is 21.6 Å². The van der Waals surface area contributed by atoms with Gasteiger partial charge >= 0.3 is 12.1 Å². The van der Waals surface area contributed by atoms with Crippen molar-refractivity contribution in [1.29, 1.82) is 0 Å². The maximum atomic E-state index is 13.2. The van der Waals surface area contributed by atoms with Crippen LogP contribution in [0.4, 0.5) is 13.2 Å². The standard InChI is InChI=1S/C23H30F3N5O7S2/c24-23(25,26)12-28-16(32)5-4-14-19(35)30-15-11-40-39-8-2-1-3-13(9-17(33)29-14)38-18(34)10-27-21(37)22(6-7-22)31-20(15)36/h1,3,13-15H,2,4-12H2,(H,27,37)(H,28,32)(H,29,33)(H,30,35)(H,31,36)/b3-1+/t13-,14-,15-/m1/s1. The number of ether oxygens (including phenoxy) is 1. The first-order valence-electron chi connectivity index (χ1n) is 12.5. The number of halogens is 3. The largest absolute Gasteiger partial charge is 0.456 e. The van der Waals surface area contributed by atoms with E-state index in [9.17, 15) is 41.9 Å². The van der Waals surface area contributed by atoms with E-state index in [1.54, 1.807) is 11.4 Å². The zero-order valence-electron chi connectivity index (χ0n) is 21.3. The molecule has 3 aliphatic rings. The summed E-state index contributed by atoms with van der Waals surface area (Å²) in [4.78, 5) is 76.4. The van der Waals surface area contributed by atoms with Gasteiger partial charge in [0.25, 0.3) is 0 Å². The lowest BCUT2D eigenvalue weighted by Crippen LogP contribution is -2.59. The third-order valence-corrected chi connectivity index (χ3v) is 8.52. The molecular weight excluding hydrogens is 579 g/mol. The van der Waals surface area contributed by atoms with Crippen LogP contribution in [0.1, 0.15) is 38.5 Å². The molecule has 1 saturated carbocycles. The van der Waals surface area contributed by atoms with E-state index in [0.29, 0.717) is 25.0 Å². The lowest BCUT2D eigenvalue weighted by molar-refractivity contribution is -0.148. The smallest absolute Gasteiger partial charge is 0.405 e. The van der Waals surface area contributed by atoms with E-state index < -0.39 is 91.3 Å². The highest BCUT2D eigenvalue weighted by atomic mass is 33.1. The van der Waals surface area contributed by atoms with Crippen LogP contribution in [0, 0.1) is 0 Å². The molecule has 5 N–H and O–H groups in total. The quantitative estimate of drug-likeness (QED) is 0.165. The first-order chi connectivity index (χ1) is 18.9. The Morgan fingerprint density at radius 1 is 1.10 bits per heavy atom. The lowest BCUT2D eigenvalue weighted by Gasteiger charge is -2.26. The van der Waals surface area contributed by atoms with Crippen molar-refractivity contribution in [3.05, 3.63) is 12.2 Å². The number of amides is 5. The Labute approximate surface area is 235 Å². The van der Waals surface area contributed by atoms with E-state index in [1.807, 2.05) is 0 Å². The molecule has 1 saturated heterocycles. The third kappa shape index (κ3) is 10.2. The summed E-state index contributed by atoms with van der Waals surface area (Å²) in [7, 11) is 2.71. The molecule has 2 aliphatic heterocycles. The van der Waals surface area contributed by atoms with Gasteiger partial charge in [0.05, 0.1) is 6.42 Å². The van der Waals surface area contributed by atoms with Crippen LogP contribution in [0.3, 0.4) is 0 Å². The van der Waals surface area contributed by atoms with Crippen molar-refractivity contribution in [2.75, 3.05) is 24.6 Å². The van der Waals surface area contributed by atoms with Gasteiger partial charge in [-0.05, 0) is 31.8 Å². The van der Waals surface area contributed by atoms with Gasteiger partial charge in [-0.3, -0.25) is 28.8 Å². The highest BCUT2D eigenvalue weighted by Gasteiger charge is 2.52. The average Bonchev–Trinajstić information content (AvgIpc) is 3.65. The fourth-order valence-corrected chi connectivity index (χ4v) is 5.96. The number of fused-ring (bicyclic) bond motifs is 7. The normalized spacial score (nSPS) is 27.3. The molecular formula is C23H30F3N5O7S2. The number of alkyl halides is 3. The van der Waals surface area contributed by atoms with E-state index >= 15 is 0 Å². The molecule has 2 heterocycles. The molecule has 0 aromatic heterocycles. The van der Waals surface area contributed by atoms with Gasteiger partial charge in [-0.1, -0.05) is 27.7 Å². The number of nitrogens with one attached hydrogen (secondary N) is 5. The molecule has 12 nitrogen and oxygen atoms in total. The highest BCUT2D eigenvalue weighted by molar-refractivity contribution is 8.76. The molecule has 3 rings (SSSR count). The van der Waals surface area contributed by atoms with Gasteiger partial charge in [0.2, 0.25) is 29.5 Å². The minimum atomic E-state index is -4.63. The Kier molecular flexibility index (Phi) is 11.1. The molecule has 40 heavy (non-hydrogen) atoms. The second-order valence-electron chi connectivity index (χ2n) is 9.42. The SMILES string of the molecule is O=C(CC[C@H]1NC(=O)C[C@H]2/C=C/CCSSC[C@@H](NC1=O)C(=O)NC1(CC1)C(=O)NCC(=O)O2)NCC(F)(F)F. The Morgan fingerprint density at radius 3 is 2.55 bits per heavy atom. The Bertz CT molecular complexity index is 1040. The number of hydrogen-bond donors (Lipinski definition) is 5. The van der Waals surface area contributed by atoms with Crippen molar-refractivity contribution < 1.29 is 46.7 Å². The summed E-state index contributed by atoms with van der Waals surface area (Å²) in [5.74, 6) is -3.96. The number of allylic oxidation sites excluding steroid dienone is 1. The van der Waals surface area contributed by atoms with Crippen molar-refractivity contribution in [1.82, 2.24) is 26.6 Å². The van der Waals surface area contributed by atoms with E-state index in [1.165, 1.54) is 27.7 Å². The Morgan fingerprint density at radius 2 is 1.85 bits per heavy atom. The predicted molar refractivity (Wildman–Crippen MR) is 138 cm³/mol. The van der Waals surface area contributed by atoms with Crippen LogP contribution < -0.4 is 26.6 Å². The molecule has 222 valence electrons. The van der Waals surface area contributed by atoms with Crippen LogP contribution in [-0.2, 0) is 33.5 Å². The summed E-state index contributed by atoms with van der Waals surface area (Å²) >= 11 is 0. The molecule has 0 aromatic carbocycles. The lowest BCUT2D eigenvalue weighted by atomic mass is 10.1. The zero-order chi connectivity index (χ0) is 29.3. The summed E-state index contributed by atoms with van der Waals surface area (Å²) in [5, 5.41) is 11.8. The van der Waals surface area contributed by atoms with Gasteiger partial charge in [-0.15, -0.1) is 0 Å². The van der Waals surface area contributed by atoms with Crippen LogP contribution in [-0.4, -0.2) is 90.0 Å². The first-order valence-corrected chi connectivity index (χ1v) is 15.0. The monoisotopic (exact) mass is 609 g/mol. The molecule has 2 bridgehead atoms. The van der Waals surface area contributed by atoms with Gasteiger partial charge in [-0.25, -0.2) is 0 Å². The predicted octanol–water partition coefficient (Wildman–Crippen LogP) is -0.163. The van der Waals surface area contributed by atoms with E-state index in [-0.39, 0.29) is 12.2 Å². The van der Waals surface area contributed by atoms with Gasteiger partial charge < -0.3 is 31.3 Å². The molecule has 1 aliphatic carbocycles. The maximum Gasteiger partial charge on any atom is 0.405 e. The zero-order valence-corrected chi connectivity index (χ0v) is 22.9. The molecule has 0 radical (unpaired) electrons. The number of carbonyl (C=O) groups is 6. The fourth-order valence-electron chi connectivity index (χ4n) is 3.80. The summed E-state index contributed by atoms with van der Waals surface area (Å²) in [6, 6.07) is -2.53. The molecule has 5 amide bonds. The molecule has 3 atom stereocenters. The minimum Gasteiger partial charge on any atom is -0.456 e. The highest BCUT2D eigenvalue weighted by Crippen LogP contribution is 2.36. The van der Waals surface area contributed by atoms with E-state index in [0.717, 1.165) is 0 Å². The summed E-state index contributed by atoms with van der Waals surface area (Å²) in [5.41, 5.74) is -1.24. The molecule has 0 aromatic rings.